The summed E-state index contributed by atoms with van der Waals surface area (Å²) in [6.07, 6.45) is -4.15. The van der Waals surface area contributed by atoms with Gasteiger partial charge in [0, 0.05) is 31.8 Å². The highest BCUT2D eigenvalue weighted by molar-refractivity contribution is 5.91. The van der Waals surface area contributed by atoms with Gasteiger partial charge in [0.2, 0.25) is 0 Å². The first-order chi connectivity index (χ1) is 15.9. The second kappa shape index (κ2) is 8.62. The van der Waals surface area contributed by atoms with Crippen molar-refractivity contribution in [2.75, 3.05) is 36.0 Å². The van der Waals surface area contributed by atoms with E-state index in [1.54, 1.807) is 20.8 Å². The van der Waals surface area contributed by atoms with E-state index in [0.717, 1.165) is 17.0 Å². The van der Waals surface area contributed by atoms with Crippen molar-refractivity contribution < 1.29 is 41.4 Å². The summed E-state index contributed by atoms with van der Waals surface area (Å²) in [5, 5.41) is 1.97. The molecule has 8 nitrogen and oxygen atoms in total. The topological polar surface area (TPSA) is 88.2 Å². The Morgan fingerprint density at radius 1 is 1.18 bits per heavy atom. The van der Waals surface area contributed by atoms with Gasteiger partial charge < -0.3 is 19.7 Å². The third kappa shape index (κ3) is 4.62. The Bertz CT molecular complexity index is 980. The van der Waals surface area contributed by atoms with Gasteiger partial charge in [-0.1, -0.05) is 0 Å². The van der Waals surface area contributed by atoms with Crippen molar-refractivity contribution in [2.24, 2.45) is 17.8 Å². The van der Waals surface area contributed by atoms with E-state index >= 15 is 0 Å². The highest BCUT2D eigenvalue weighted by Crippen LogP contribution is 2.54. The molecule has 3 fully saturated rings. The number of fused-ring (bicyclic) bond motifs is 1. The van der Waals surface area contributed by atoms with Crippen LogP contribution in [0.4, 0.5) is 33.7 Å². The van der Waals surface area contributed by atoms with E-state index in [1.165, 1.54) is 4.90 Å². The molecule has 0 spiro atoms. The van der Waals surface area contributed by atoms with Crippen LogP contribution < -0.4 is 15.1 Å². The molecule has 1 aromatic rings. The lowest BCUT2D eigenvalue weighted by Gasteiger charge is -2.26. The summed E-state index contributed by atoms with van der Waals surface area (Å²) in [6.45, 7) is 5.28. The molecule has 3 atom stereocenters. The van der Waals surface area contributed by atoms with Crippen LogP contribution in [0.5, 0.6) is 0 Å². The summed E-state index contributed by atoms with van der Waals surface area (Å²) >= 11 is 0. The number of ether oxygens (including phenoxy) is 2. The zero-order valence-corrected chi connectivity index (χ0v) is 18.8. The predicted octanol–water partition coefficient (Wildman–Crippen LogP) is 2.70. The summed E-state index contributed by atoms with van der Waals surface area (Å²) in [5.41, 5.74) is -1.04. The van der Waals surface area contributed by atoms with Gasteiger partial charge in [0.1, 0.15) is 17.9 Å². The van der Waals surface area contributed by atoms with Crippen molar-refractivity contribution in [3.05, 3.63) is 23.8 Å². The van der Waals surface area contributed by atoms with Crippen molar-refractivity contribution in [2.45, 2.75) is 38.8 Å². The molecule has 34 heavy (non-hydrogen) atoms. The quantitative estimate of drug-likeness (QED) is 0.491. The molecule has 1 saturated carbocycles. The third-order valence-corrected chi connectivity index (χ3v) is 6.14. The van der Waals surface area contributed by atoms with E-state index in [4.69, 9.17) is 9.47 Å². The maximum absolute atomic E-state index is 15.0. The second-order valence-corrected chi connectivity index (χ2v) is 9.70. The number of amides is 2. The van der Waals surface area contributed by atoms with Crippen LogP contribution in [0.3, 0.4) is 0 Å². The van der Waals surface area contributed by atoms with Gasteiger partial charge in [-0.3, -0.25) is 14.5 Å². The van der Waals surface area contributed by atoms with Crippen molar-refractivity contribution in [3.63, 3.8) is 0 Å². The van der Waals surface area contributed by atoms with Gasteiger partial charge in [-0.25, -0.2) is 13.6 Å². The maximum Gasteiger partial charge on any atom is 0.414 e. The van der Waals surface area contributed by atoms with Crippen LogP contribution in [0.25, 0.3) is 0 Å². The average Bonchev–Trinajstić information content (AvgIpc) is 3.02. The van der Waals surface area contributed by atoms with Gasteiger partial charge in [0.25, 0.3) is 5.91 Å². The van der Waals surface area contributed by atoms with Crippen LogP contribution in [0, 0.1) is 29.4 Å². The normalized spacial score (nSPS) is 25.9. The lowest BCUT2D eigenvalue weighted by Crippen LogP contribution is -2.44. The average molecular weight is 487 g/mol. The van der Waals surface area contributed by atoms with Gasteiger partial charge in [-0.15, -0.1) is 0 Å². The Hall–Kier alpha value is -3.05. The van der Waals surface area contributed by atoms with Crippen LogP contribution in [0.1, 0.15) is 20.8 Å². The van der Waals surface area contributed by atoms with E-state index < -0.39 is 41.7 Å². The fourth-order valence-electron chi connectivity index (χ4n) is 4.64. The molecular formula is C22H25F4N3O5. The summed E-state index contributed by atoms with van der Waals surface area (Å²) < 4.78 is 65.1. The number of hydrogen-bond donors (Lipinski definition) is 1. The molecule has 0 aromatic heterocycles. The number of anilines is 2. The number of piperidine rings is 1. The largest absolute Gasteiger partial charge is 0.460 e. The first kappa shape index (κ1) is 24.1. The van der Waals surface area contributed by atoms with Crippen molar-refractivity contribution in [1.82, 2.24) is 5.32 Å². The van der Waals surface area contributed by atoms with Gasteiger partial charge in [-0.05, 0) is 32.6 Å². The predicted molar refractivity (Wildman–Crippen MR) is 112 cm³/mol. The van der Waals surface area contributed by atoms with E-state index in [-0.39, 0.29) is 61.3 Å². The van der Waals surface area contributed by atoms with E-state index in [9.17, 15) is 31.9 Å². The molecule has 1 N–H and O–H groups in total. The molecule has 4 rings (SSSR count). The van der Waals surface area contributed by atoms with Gasteiger partial charge in [0.15, 0.2) is 11.6 Å². The van der Waals surface area contributed by atoms with Crippen molar-refractivity contribution in [1.29, 1.82) is 0 Å². The number of carbonyl (C=O) groups is 3. The molecule has 1 aliphatic carbocycles. The van der Waals surface area contributed by atoms with Gasteiger partial charge >= 0.3 is 18.5 Å². The van der Waals surface area contributed by atoms with Crippen LogP contribution in [-0.4, -0.2) is 62.3 Å². The number of hydrogen-bond acceptors (Lipinski definition) is 6. The Morgan fingerprint density at radius 2 is 1.76 bits per heavy atom. The van der Waals surface area contributed by atoms with Crippen LogP contribution in [0.2, 0.25) is 0 Å². The van der Waals surface area contributed by atoms with Crippen LogP contribution in [0.15, 0.2) is 12.1 Å². The number of nitrogens with zero attached hydrogens (tertiary/aromatic N) is 2. The monoisotopic (exact) mass is 487 g/mol. The number of nitrogens with one attached hydrogen (secondary N) is 1. The fraction of sp³-hybridized carbons (Fsp3) is 0.591. The maximum atomic E-state index is 15.0. The first-order valence-electron chi connectivity index (χ1n) is 10.9. The molecule has 0 radical (unpaired) electrons. The standard InChI is InChI=1S/C22H25F4N3O5/c1-22(2,3)34-20(31)16-12-7-28(8-13(12)16)17-14(23)4-10(5-15(17)24)29-11(9-33-21(29)32)6-27-19(30)18(25)26/h4-5,11-13,16,18H,6-9H2,1-3H3,(H,27,30). The number of carbonyl (C=O) groups excluding carboxylic acids is 3. The number of benzene rings is 1. The summed E-state index contributed by atoms with van der Waals surface area (Å²) in [6, 6.07) is 1.01. The van der Waals surface area contributed by atoms with Crippen molar-refractivity contribution >= 4 is 29.3 Å². The first-order valence-corrected chi connectivity index (χ1v) is 10.9. The summed E-state index contributed by atoms with van der Waals surface area (Å²) in [5.74, 6) is -4.06. The highest BCUT2D eigenvalue weighted by Gasteiger charge is 2.61. The molecular weight excluding hydrogens is 462 g/mol. The summed E-state index contributed by atoms with van der Waals surface area (Å²) in [4.78, 5) is 38.0. The Kier molecular flexibility index (Phi) is 6.11. The molecule has 186 valence electrons. The minimum Gasteiger partial charge on any atom is -0.460 e. The highest BCUT2D eigenvalue weighted by atomic mass is 19.3. The van der Waals surface area contributed by atoms with E-state index in [1.807, 2.05) is 5.32 Å². The number of rotatable bonds is 6. The Labute approximate surface area is 193 Å². The number of alkyl halides is 2. The van der Waals surface area contributed by atoms with Gasteiger partial charge in [0.05, 0.1) is 17.6 Å². The zero-order valence-electron chi connectivity index (χ0n) is 18.8. The molecule has 3 aliphatic rings. The van der Waals surface area contributed by atoms with E-state index in [0.29, 0.717) is 0 Å². The molecule has 2 heterocycles. The molecule has 2 aliphatic heterocycles. The lowest BCUT2D eigenvalue weighted by molar-refractivity contribution is -0.157. The second-order valence-electron chi connectivity index (χ2n) is 9.70. The number of esters is 1. The molecule has 12 heteroatoms. The minimum atomic E-state index is -3.23. The Balaban J connectivity index is 1.44. The molecule has 0 bridgehead atoms. The molecule has 3 unspecified atom stereocenters. The Morgan fingerprint density at radius 3 is 2.29 bits per heavy atom. The molecule has 2 amide bonds. The third-order valence-electron chi connectivity index (χ3n) is 6.14. The SMILES string of the molecule is CC(C)(C)OC(=O)C1C2CN(c3c(F)cc(N4C(=O)OCC4CNC(=O)C(F)F)cc3F)CC21. The number of halogens is 4. The summed E-state index contributed by atoms with van der Waals surface area (Å²) in [7, 11) is 0. The molecule has 1 aromatic carbocycles. The minimum absolute atomic E-state index is 0.0512. The van der Waals surface area contributed by atoms with Crippen LogP contribution >= 0.6 is 0 Å². The van der Waals surface area contributed by atoms with E-state index in [2.05, 4.69) is 0 Å². The lowest BCUT2D eigenvalue weighted by atomic mass is 10.1. The van der Waals surface area contributed by atoms with Gasteiger partial charge in [-0.2, -0.15) is 8.78 Å². The smallest absolute Gasteiger partial charge is 0.414 e. The van der Waals surface area contributed by atoms with Crippen LogP contribution in [-0.2, 0) is 19.1 Å². The fourth-order valence-corrected chi connectivity index (χ4v) is 4.64. The molecule has 2 saturated heterocycles. The van der Waals surface area contributed by atoms with Crippen molar-refractivity contribution in [3.8, 4) is 0 Å². The number of cyclic esters (lactones) is 1. The zero-order chi connectivity index (χ0) is 24.9.